The highest BCUT2D eigenvalue weighted by molar-refractivity contribution is 7.71. The van der Waals surface area contributed by atoms with Crippen LogP contribution in [-0.4, -0.2) is 9.55 Å². The van der Waals surface area contributed by atoms with Gasteiger partial charge in [0.2, 0.25) is 0 Å². The third-order valence-electron chi connectivity index (χ3n) is 2.03. The average molecular weight is 259 g/mol. The van der Waals surface area contributed by atoms with Crippen molar-refractivity contribution >= 4 is 35.4 Å². The first kappa shape index (κ1) is 10.7. The molecule has 78 valence electrons. The van der Waals surface area contributed by atoms with E-state index in [0.29, 0.717) is 14.8 Å². The molecule has 0 aliphatic heterocycles. The zero-order valence-electron chi connectivity index (χ0n) is 7.92. The van der Waals surface area contributed by atoms with Crippen LogP contribution in [0.3, 0.4) is 0 Å². The summed E-state index contributed by atoms with van der Waals surface area (Å²) in [7, 11) is 0. The predicted octanol–water partition coefficient (Wildman–Crippen LogP) is 4.15. The lowest BCUT2D eigenvalue weighted by molar-refractivity contribution is 1.03. The van der Waals surface area contributed by atoms with Gasteiger partial charge in [0.1, 0.15) is 0 Å². The Morgan fingerprint density at radius 1 is 1.27 bits per heavy atom. The smallest absolute Gasteiger partial charge is 0.181 e. The van der Waals surface area contributed by atoms with Gasteiger partial charge < -0.3 is 4.98 Å². The highest BCUT2D eigenvalue weighted by Gasteiger charge is 2.03. The van der Waals surface area contributed by atoms with Crippen LogP contribution in [0.2, 0.25) is 10.0 Å². The quantitative estimate of drug-likeness (QED) is 0.763. The Hall–Kier alpha value is -0.770. The summed E-state index contributed by atoms with van der Waals surface area (Å²) in [5.74, 6) is 0. The van der Waals surface area contributed by atoms with E-state index in [-0.39, 0.29) is 0 Å². The molecule has 0 aliphatic carbocycles. The molecule has 0 radical (unpaired) electrons. The summed E-state index contributed by atoms with van der Waals surface area (Å²) in [4.78, 5) is 3.04. The van der Waals surface area contributed by atoms with Crippen LogP contribution in [-0.2, 0) is 0 Å². The first-order valence-corrected chi connectivity index (χ1v) is 5.48. The molecule has 2 nitrogen and oxygen atoms in total. The number of hydrogen-bond acceptors (Lipinski definition) is 1. The SMILES string of the molecule is Cc1cn(-c2ccc(Cl)c(Cl)c2)c(=S)[nH]1. The van der Waals surface area contributed by atoms with E-state index in [0.717, 1.165) is 11.4 Å². The normalized spacial score (nSPS) is 10.6. The van der Waals surface area contributed by atoms with Crippen molar-refractivity contribution in [3.8, 4) is 5.69 Å². The number of halogens is 2. The van der Waals surface area contributed by atoms with Gasteiger partial charge in [-0.2, -0.15) is 0 Å². The van der Waals surface area contributed by atoms with Crippen molar-refractivity contribution in [2.24, 2.45) is 0 Å². The molecule has 1 heterocycles. The first-order chi connectivity index (χ1) is 7.08. The molecule has 15 heavy (non-hydrogen) atoms. The van der Waals surface area contributed by atoms with Crippen LogP contribution < -0.4 is 0 Å². The second-order valence-electron chi connectivity index (χ2n) is 3.21. The van der Waals surface area contributed by atoms with E-state index in [9.17, 15) is 0 Å². The fraction of sp³-hybridized carbons (Fsp3) is 0.100. The van der Waals surface area contributed by atoms with Gasteiger partial charge in [0.05, 0.1) is 10.0 Å². The number of imidazole rings is 1. The summed E-state index contributed by atoms with van der Waals surface area (Å²) >= 11 is 16.9. The van der Waals surface area contributed by atoms with Crippen molar-refractivity contribution in [2.75, 3.05) is 0 Å². The maximum Gasteiger partial charge on any atom is 0.181 e. The fourth-order valence-corrected chi connectivity index (χ4v) is 1.95. The van der Waals surface area contributed by atoms with E-state index in [1.54, 1.807) is 12.1 Å². The van der Waals surface area contributed by atoms with Crippen molar-refractivity contribution in [3.05, 3.63) is 44.9 Å². The van der Waals surface area contributed by atoms with Gasteiger partial charge in [-0.3, -0.25) is 4.57 Å². The van der Waals surface area contributed by atoms with Crippen LogP contribution in [0.15, 0.2) is 24.4 Å². The third kappa shape index (κ3) is 2.09. The Morgan fingerprint density at radius 3 is 2.53 bits per heavy atom. The average Bonchev–Trinajstić information content (AvgIpc) is 2.50. The molecular weight excluding hydrogens is 251 g/mol. The monoisotopic (exact) mass is 258 g/mol. The summed E-state index contributed by atoms with van der Waals surface area (Å²) in [6, 6.07) is 5.41. The Kier molecular flexibility index (Phi) is 2.87. The van der Waals surface area contributed by atoms with Crippen molar-refractivity contribution in [3.63, 3.8) is 0 Å². The van der Waals surface area contributed by atoms with Crippen LogP contribution >= 0.6 is 35.4 Å². The summed E-state index contributed by atoms with van der Waals surface area (Å²) in [6.45, 7) is 1.95. The van der Waals surface area contributed by atoms with E-state index in [2.05, 4.69) is 4.98 Å². The molecule has 0 fully saturated rings. The first-order valence-electron chi connectivity index (χ1n) is 4.31. The lowest BCUT2D eigenvalue weighted by Crippen LogP contribution is -1.91. The zero-order chi connectivity index (χ0) is 11.0. The minimum absolute atomic E-state index is 0.523. The van der Waals surface area contributed by atoms with Crippen molar-refractivity contribution < 1.29 is 0 Å². The van der Waals surface area contributed by atoms with E-state index >= 15 is 0 Å². The van der Waals surface area contributed by atoms with Gasteiger partial charge in [0.15, 0.2) is 4.77 Å². The minimum Gasteiger partial charge on any atom is -0.335 e. The van der Waals surface area contributed by atoms with Crippen molar-refractivity contribution in [1.29, 1.82) is 0 Å². The number of nitrogens with zero attached hydrogens (tertiary/aromatic N) is 1. The van der Waals surface area contributed by atoms with E-state index in [1.165, 1.54) is 0 Å². The lowest BCUT2D eigenvalue weighted by Gasteiger charge is -2.03. The Morgan fingerprint density at radius 2 is 2.00 bits per heavy atom. The Balaban J connectivity index is 2.59. The summed E-state index contributed by atoms with van der Waals surface area (Å²) in [6.07, 6.45) is 1.92. The standard InChI is InChI=1S/C10H8Cl2N2S/c1-6-5-14(10(15)13-6)7-2-3-8(11)9(12)4-7/h2-5H,1H3,(H,13,15). The number of nitrogens with one attached hydrogen (secondary N) is 1. The number of aromatic amines is 1. The zero-order valence-corrected chi connectivity index (χ0v) is 10.2. The van der Waals surface area contributed by atoms with Crippen LogP contribution in [0.4, 0.5) is 0 Å². The van der Waals surface area contributed by atoms with Gasteiger partial charge in [-0.1, -0.05) is 23.2 Å². The van der Waals surface area contributed by atoms with Gasteiger partial charge in [-0.05, 0) is 37.3 Å². The highest BCUT2D eigenvalue weighted by atomic mass is 35.5. The number of aromatic nitrogens is 2. The number of aryl methyl sites for hydroxylation is 1. The Labute approximate surface area is 102 Å². The molecule has 0 spiro atoms. The van der Waals surface area contributed by atoms with Crippen LogP contribution in [0.5, 0.6) is 0 Å². The number of hydrogen-bond donors (Lipinski definition) is 1. The van der Waals surface area contributed by atoms with Gasteiger partial charge in [0.25, 0.3) is 0 Å². The van der Waals surface area contributed by atoms with Gasteiger partial charge in [-0.15, -0.1) is 0 Å². The molecule has 0 saturated carbocycles. The summed E-state index contributed by atoms with van der Waals surface area (Å²) in [5.41, 5.74) is 1.91. The molecule has 0 unspecified atom stereocenters. The van der Waals surface area contributed by atoms with E-state index in [4.69, 9.17) is 35.4 Å². The largest absolute Gasteiger partial charge is 0.335 e. The van der Waals surface area contributed by atoms with Gasteiger partial charge >= 0.3 is 0 Å². The topological polar surface area (TPSA) is 20.7 Å². The second kappa shape index (κ2) is 4.00. The molecule has 5 heteroatoms. The lowest BCUT2D eigenvalue weighted by atomic mass is 10.3. The van der Waals surface area contributed by atoms with Crippen LogP contribution in [0.25, 0.3) is 5.69 Å². The van der Waals surface area contributed by atoms with Gasteiger partial charge in [0, 0.05) is 17.6 Å². The highest BCUT2D eigenvalue weighted by Crippen LogP contribution is 2.24. The minimum atomic E-state index is 0.523. The molecule has 0 amide bonds. The van der Waals surface area contributed by atoms with Gasteiger partial charge in [-0.25, -0.2) is 0 Å². The summed E-state index contributed by atoms with van der Waals surface area (Å²) < 4.78 is 2.50. The van der Waals surface area contributed by atoms with Crippen molar-refractivity contribution in [1.82, 2.24) is 9.55 Å². The Bertz CT molecular complexity index is 557. The number of rotatable bonds is 1. The third-order valence-corrected chi connectivity index (χ3v) is 3.06. The molecule has 0 saturated heterocycles. The number of benzene rings is 1. The molecule has 1 aromatic carbocycles. The van der Waals surface area contributed by atoms with E-state index in [1.807, 2.05) is 23.8 Å². The molecule has 1 N–H and O–H groups in total. The molecular formula is C10H8Cl2N2S. The van der Waals surface area contributed by atoms with Crippen LogP contribution in [0.1, 0.15) is 5.69 Å². The second-order valence-corrected chi connectivity index (χ2v) is 4.41. The van der Waals surface area contributed by atoms with Crippen LogP contribution in [0, 0.1) is 11.7 Å². The molecule has 0 atom stereocenters. The summed E-state index contributed by atoms with van der Waals surface area (Å²) in [5, 5.41) is 1.06. The van der Waals surface area contributed by atoms with E-state index < -0.39 is 0 Å². The fourth-order valence-electron chi connectivity index (χ4n) is 1.34. The molecule has 0 bridgehead atoms. The maximum atomic E-state index is 5.93. The molecule has 2 rings (SSSR count). The van der Waals surface area contributed by atoms with Crippen molar-refractivity contribution in [2.45, 2.75) is 6.92 Å². The number of H-pyrrole nitrogens is 1. The maximum absolute atomic E-state index is 5.93. The molecule has 2 aromatic rings. The predicted molar refractivity (Wildman–Crippen MR) is 65.7 cm³/mol. The molecule has 1 aromatic heterocycles. The molecule has 0 aliphatic rings.